The third-order valence-electron chi connectivity index (χ3n) is 14.9. The van der Waals surface area contributed by atoms with Crippen molar-refractivity contribution in [3.63, 3.8) is 0 Å². The molecule has 2 bridgehead atoms. The molecular weight excluding hydrogens is 848 g/mol. The number of pyridine rings is 1. The lowest BCUT2D eigenvalue weighted by Crippen LogP contribution is -2.69. The number of rotatable bonds is 11. The molecule has 66 heavy (non-hydrogen) atoms. The first-order valence-corrected chi connectivity index (χ1v) is 23.5. The van der Waals surface area contributed by atoms with E-state index in [-0.39, 0.29) is 51.4 Å². The zero-order chi connectivity index (χ0) is 45.5. The number of carbonyl (C=O) groups excluding carboxylic acids is 2. The molecular formula is C48H60F3N13O2. The standard InChI is InChI=1S/C48H56F3N13O2.2H2/c49-39-19-34(57-40-7-10-44(65)59-47(40)66)2-8-42(39)61-17-15-60(16-18-61)35-3-5-36(6-4-35)64-27-33(24-56-64)41-25-55-45(32(21-52)22-53)46(58-41)31-1-9-43(54-23-31)62-28-37-20-38(29-62)63(37)26-30-11-13-48(50,51)14-12-30;;/h1-2,8-9,19,21,23-25,27,30,35-38,40,57H,3-7,10-18,20,26,28-29,52H2,(H,59,65,66);2*1H/b32-21-;;. The first-order valence-electron chi connectivity index (χ1n) is 23.5. The molecule has 3 unspecified atom stereocenters. The topological polar surface area (TPSA) is 177 Å². The summed E-state index contributed by atoms with van der Waals surface area (Å²) in [6, 6.07) is 12.0. The minimum absolute atomic E-state index is 0. The first kappa shape index (κ1) is 43.8. The Morgan fingerprint density at radius 2 is 1.67 bits per heavy atom. The number of amides is 2. The number of hydrogen-bond donors (Lipinski definition) is 3. The van der Waals surface area contributed by atoms with Crippen molar-refractivity contribution < 1.29 is 25.6 Å². The molecule has 7 aliphatic rings. The van der Waals surface area contributed by atoms with E-state index in [4.69, 9.17) is 25.8 Å². The summed E-state index contributed by atoms with van der Waals surface area (Å²) in [6.07, 6.45) is 15.5. The van der Waals surface area contributed by atoms with Crippen LogP contribution >= 0.6 is 0 Å². The van der Waals surface area contributed by atoms with Gasteiger partial charge in [-0.2, -0.15) is 10.4 Å². The third-order valence-corrected chi connectivity index (χ3v) is 14.9. The molecule has 11 rings (SSSR count). The van der Waals surface area contributed by atoms with Gasteiger partial charge in [0.25, 0.3) is 0 Å². The molecule has 4 N–H and O–H groups in total. The highest BCUT2D eigenvalue weighted by molar-refractivity contribution is 6.01. The van der Waals surface area contributed by atoms with Crippen LogP contribution in [-0.2, 0) is 9.59 Å². The molecule has 0 radical (unpaired) electrons. The molecule has 3 atom stereocenters. The van der Waals surface area contributed by atoms with Crippen molar-refractivity contribution in [1.82, 2.24) is 39.8 Å². The van der Waals surface area contributed by atoms with Gasteiger partial charge in [0.1, 0.15) is 29.4 Å². The summed E-state index contributed by atoms with van der Waals surface area (Å²) in [5.41, 5.74) is 10.2. The van der Waals surface area contributed by atoms with Crippen LogP contribution in [0.25, 0.3) is 28.1 Å². The summed E-state index contributed by atoms with van der Waals surface area (Å²) in [4.78, 5) is 47.7. The first-order chi connectivity index (χ1) is 32.0. The maximum atomic E-state index is 15.3. The number of piperazine rings is 2. The minimum atomic E-state index is -2.50. The van der Waals surface area contributed by atoms with E-state index >= 15 is 4.39 Å². The highest BCUT2D eigenvalue weighted by Gasteiger charge is 2.46. The number of anilines is 3. The number of allylic oxidation sites excluding steroid dienone is 1. The molecule has 2 saturated carbocycles. The van der Waals surface area contributed by atoms with Crippen LogP contribution in [-0.4, -0.2) is 122 Å². The Labute approximate surface area is 385 Å². The molecule has 2 amide bonds. The van der Waals surface area contributed by atoms with Gasteiger partial charge in [0.05, 0.1) is 41.1 Å². The van der Waals surface area contributed by atoms with E-state index in [1.54, 1.807) is 24.5 Å². The minimum Gasteiger partial charge on any atom is -0.403 e. The Bertz CT molecular complexity index is 2500. The average Bonchev–Trinajstić information content (AvgIpc) is 3.84. The third kappa shape index (κ3) is 9.07. The lowest BCUT2D eigenvalue weighted by Gasteiger charge is -2.57. The fraction of sp³-hybridized carbons (Fsp3) is 0.521. The number of halogens is 3. The van der Waals surface area contributed by atoms with Crippen molar-refractivity contribution in [2.24, 2.45) is 11.7 Å². The number of alkyl halides is 2. The van der Waals surface area contributed by atoms with Gasteiger partial charge >= 0.3 is 0 Å². The number of nitriles is 1. The molecule has 8 heterocycles. The number of piperidine rings is 2. The van der Waals surface area contributed by atoms with Gasteiger partial charge in [-0.25, -0.2) is 23.1 Å². The summed E-state index contributed by atoms with van der Waals surface area (Å²) in [7, 11) is 0. The van der Waals surface area contributed by atoms with Crippen LogP contribution in [0, 0.1) is 23.1 Å². The van der Waals surface area contributed by atoms with Crippen molar-refractivity contribution in [3.8, 4) is 28.6 Å². The molecule has 1 aromatic carbocycles. The van der Waals surface area contributed by atoms with E-state index in [1.807, 2.05) is 29.2 Å². The Morgan fingerprint density at radius 3 is 2.35 bits per heavy atom. The Hall–Kier alpha value is -6.06. The van der Waals surface area contributed by atoms with Crippen LogP contribution < -0.4 is 26.2 Å². The number of nitrogens with zero attached hydrogens (tertiary/aromatic N) is 10. The molecule has 3 aromatic heterocycles. The lowest BCUT2D eigenvalue weighted by molar-refractivity contribution is -0.133. The summed E-state index contributed by atoms with van der Waals surface area (Å²) >= 11 is 0. The van der Waals surface area contributed by atoms with Crippen molar-refractivity contribution in [1.29, 1.82) is 5.26 Å². The molecule has 2 aliphatic carbocycles. The van der Waals surface area contributed by atoms with E-state index in [0.29, 0.717) is 90.4 Å². The fourth-order valence-corrected chi connectivity index (χ4v) is 11.1. The van der Waals surface area contributed by atoms with Crippen molar-refractivity contribution in [2.45, 2.75) is 107 Å². The van der Waals surface area contributed by atoms with Gasteiger partial charge in [-0.3, -0.25) is 34.4 Å². The average molecular weight is 908 g/mol. The van der Waals surface area contributed by atoms with Gasteiger partial charge in [0.15, 0.2) is 0 Å². The SMILES string of the molecule is N#C/C(=C/N)c1ncc(-c2cnn(C3CCC(N4CCN(c5ccc(NC6CCC(=O)NC6=O)cc5F)CC4)CC3)c2)nc1-c1ccc(N2CC3CC(C2)N3CC2CCC(F)(F)CC2)nc1.[HH].[HH]. The highest BCUT2D eigenvalue weighted by Crippen LogP contribution is 2.41. The zero-order valence-electron chi connectivity index (χ0n) is 37.0. The largest absolute Gasteiger partial charge is 0.403 e. The molecule has 350 valence electrons. The molecule has 0 spiro atoms. The number of imide groups is 1. The number of nitrogens with one attached hydrogen (secondary N) is 2. The lowest BCUT2D eigenvalue weighted by atomic mass is 9.82. The number of fused-ring (bicyclic) bond motifs is 2. The number of nitrogens with two attached hydrogens (primary N) is 1. The summed E-state index contributed by atoms with van der Waals surface area (Å²) in [5.74, 6) is -2.31. The zero-order valence-corrected chi connectivity index (χ0v) is 37.0. The predicted octanol–water partition coefficient (Wildman–Crippen LogP) is 6.47. The van der Waals surface area contributed by atoms with Crippen molar-refractivity contribution in [2.75, 3.05) is 60.9 Å². The maximum Gasteiger partial charge on any atom is 0.249 e. The van der Waals surface area contributed by atoms with Gasteiger partial charge in [0.2, 0.25) is 17.7 Å². The smallest absolute Gasteiger partial charge is 0.249 e. The normalized spacial score (nSPS) is 26.4. The fourth-order valence-electron chi connectivity index (χ4n) is 11.1. The van der Waals surface area contributed by atoms with Gasteiger partial charge in [-0.15, -0.1) is 0 Å². The van der Waals surface area contributed by atoms with Crippen LogP contribution in [0.3, 0.4) is 0 Å². The molecule has 5 aliphatic heterocycles. The summed E-state index contributed by atoms with van der Waals surface area (Å²) < 4.78 is 44.9. The van der Waals surface area contributed by atoms with Crippen LogP contribution in [0.2, 0.25) is 0 Å². The van der Waals surface area contributed by atoms with Crippen molar-refractivity contribution in [3.05, 3.63) is 72.8 Å². The second-order valence-electron chi connectivity index (χ2n) is 19.0. The number of hydrogen-bond acceptors (Lipinski definition) is 13. The van der Waals surface area contributed by atoms with E-state index in [0.717, 1.165) is 76.2 Å². The van der Waals surface area contributed by atoms with Gasteiger partial charge < -0.3 is 20.9 Å². The van der Waals surface area contributed by atoms with Crippen LogP contribution in [0.5, 0.6) is 0 Å². The quantitative estimate of drug-likeness (QED) is 0.110. The van der Waals surface area contributed by atoms with E-state index < -0.39 is 12.0 Å². The highest BCUT2D eigenvalue weighted by atomic mass is 19.3. The number of benzene rings is 1. The van der Waals surface area contributed by atoms with Gasteiger partial charge in [0, 0.05) is 121 Å². The predicted molar refractivity (Wildman–Crippen MR) is 248 cm³/mol. The van der Waals surface area contributed by atoms with E-state index in [9.17, 15) is 23.6 Å². The maximum absolute atomic E-state index is 15.3. The molecule has 15 nitrogen and oxygen atoms in total. The Kier molecular flexibility index (Phi) is 12.2. The van der Waals surface area contributed by atoms with Crippen LogP contribution in [0.15, 0.2) is 61.3 Å². The second kappa shape index (κ2) is 18.3. The van der Waals surface area contributed by atoms with E-state index in [1.165, 1.54) is 12.3 Å². The summed E-state index contributed by atoms with van der Waals surface area (Å²) in [6.45, 7) is 5.70. The molecule has 5 saturated heterocycles. The summed E-state index contributed by atoms with van der Waals surface area (Å²) in [5, 5.41) is 20.1. The molecule has 18 heteroatoms. The van der Waals surface area contributed by atoms with Gasteiger partial charge in [-0.05, 0) is 87.6 Å². The van der Waals surface area contributed by atoms with Gasteiger partial charge in [-0.1, -0.05) is 0 Å². The molecule has 4 aromatic rings. The number of aromatic nitrogens is 5. The molecule has 7 fully saturated rings. The monoisotopic (exact) mass is 907 g/mol. The Morgan fingerprint density at radius 1 is 0.909 bits per heavy atom. The van der Waals surface area contributed by atoms with Crippen LogP contribution in [0.4, 0.5) is 30.4 Å². The Balaban J connectivity index is 0.00000312. The van der Waals surface area contributed by atoms with Crippen LogP contribution in [0.1, 0.15) is 85.2 Å². The number of carbonyl (C=O) groups is 2. The van der Waals surface area contributed by atoms with Crippen molar-refractivity contribution >= 4 is 34.6 Å². The van der Waals surface area contributed by atoms with E-state index in [2.05, 4.69) is 36.3 Å². The second-order valence-corrected chi connectivity index (χ2v) is 19.0.